The minimum absolute atomic E-state index is 0.0969. The lowest BCUT2D eigenvalue weighted by atomic mass is 10.1. The number of anilines is 1. The SMILES string of the molecule is COc1ccc(Cl)cc1CC(=O)Nc1cc(F)ccc1C. The average molecular weight is 308 g/mol. The molecule has 110 valence electrons. The first-order valence-corrected chi connectivity index (χ1v) is 6.76. The van der Waals surface area contributed by atoms with E-state index < -0.39 is 5.82 Å². The summed E-state index contributed by atoms with van der Waals surface area (Å²) in [6.07, 6.45) is 0.0969. The smallest absolute Gasteiger partial charge is 0.228 e. The molecule has 0 heterocycles. The van der Waals surface area contributed by atoms with Crippen molar-refractivity contribution in [2.24, 2.45) is 0 Å². The lowest BCUT2D eigenvalue weighted by Crippen LogP contribution is -2.15. The molecule has 0 saturated heterocycles. The molecule has 0 spiro atoms. The zero-order valence-electron chi connectivity index (χ0n) is 11.7. The molecular formula is C16H15ClFNO2. The Bertz CT molecular complexity index is 673. The summed E-state index contributed by atoms with van der Waals surface area (Å²) < 4.78 is 18.4. The molecule has 0 saturated carbocycles. The zero-order chi connectivity index (χ0) is 15.4. The molecule has 1 amide bonds. The van der Waals surface area contributed by atoms with Crippen LogP contribution in [0.2, 0.25) is 5.02 Å². The summed E-state index contributed by atoms with van der Waals surface area (Å²) in [5, 5.41) is 3.22. The Morgan fingerprint density at radius 3 is 2.76 bits per heavy atom. The van der Waals surface area contributed by atoms with E-state index in [0.717, 1.165) is 5.56 Å². The highest BCUT2D eigenvalue weighted by atomic mass is 35.5. The summed E-state index contributed by atoms with van der Waals surface area (Å²) in [6.45, 7) is 1.80. The molecule has 0 aliphatic heterocycles. The number of hydrogen-bond acceptors (Lipinski definition) is 2. The number of methoxy groups -OCH3 is 1. The van der Waals surface area contributed by atoms with Crippen molar-refractivity contribution in [3.05, 3.63) is 58.4 Å². The van der Waals surface area contributed by atoms with E-state index in [1.54, 1.807) is 31.2 Å². The van der Waals surface area contributed by atoms with Gasteiger partial charge in [0.1, 0.15) is 11.6 Å². The van der Waals surface area contributed by atoms with Crippen molar-refractivity contribution in [1.82, 2.24) is 0 Å². The number of hydrogen-bond donors (Lipinski definition) is 1. The van der Waals surface area contributed by atoms with Gasteiger partial charge < -0.3 is 10.1 Å². The standard InChI is InChI=1S/C16H15ClFNO2/c1-10-3-5-13(18)9-14(10)19-16(20)8-11-7-12(17)4-6-15(11)21-2/h3-7,9H,8H2,1-2H3,(H,19,20). The number of amides is 1. The number of carbonyl (C=O) groups excluding carboxylic acids is 1. The summed E-state index contributed by atoms with van der Waals surface area (Å²) in [7, 11) is 1.53. The molecule has 0 aliphatic rings. The van der Waals surface area contributed by atoms with E-state index in [1.807, 2.05) is 0 Å². The Balaban J connectivity index is 2.15. The van der Waals surface area contributed by atoms with E-state index in [-0.39, 0.29) is 12.3 Å². The second-order valence-corrected chi connectivity index (χ2v) is 5.08. The molecule has 5 heteroatoms. The third-order valence-electron chi connectivity index (χ3n) is 3.07. The maximum atomic E-state index is 13.2. The molecule has 21 heavy (non-hydrogen) atoms. The van der Waals surface area contributed by atoms with Crippen LogP contribution in [0.4, 0.5) is 10.1 Å². The second kappa shape index (κ2) is 6.59. The van der Waals surface area contributed by atoms with Crippen molar-refractivity contribution >= 4 is 23.2 Å². The summed E-state index contributed by atoms with van der Waals surface area (Å²) in [5.41, 5.74) is 1.93. The number of nitrogens with one attached hydrogen (secondary N) is 1. The monoisotopic (exact) mass is 307 g/mol. The Morgan fingerprint density at radius 2 is 2.05 bits per heavy atom. The molecule has 2 rings (SSSR count). The number of halogens is 2. The maximum absolute atomic E-state index is 13.2. The Hall–Kier alpha value is -2.07. The third kappa shape index (κ3) is 3.95. The van der Waals surface area contributed by atoms with Gasteiger partial charge in [-0.05, 0) is 42.8 Å². The van der Waals surface area contributed by atoms with Gasteiger partial charge in [0.25, 0.3) is 0 Å². The van der Waals surface area contributed by atoms with Crippen molar-refractivity contribution in [3.63, 3.8) is 0 Å². The maximum Gasteiger partial charge on any atom is 0.228 e. The number of rotatable bonds is 4. The van der Waals surface area contributed by atoms with E-state index in [1.165, 1.54) is 19.2 Å². The first-order chi connectivity index (χ1) is 9.99. The Morgan fingerprint density at radius 1 is 1.29 bits per heavy atom. The predicted octanol–water partition coefficient (Wildman–Crippen LogP) is 3.98. The van der Waals surface area contributed by atoms with Crippen molar-refractivity contribution in [1.29, 1.82) is 0 Å². The zero-order valence-corrected chi connectivity index (χ0v) is 12.5. The minimum atomic E-state index is -0.392. The lowest BCUT2D eigenvalue weighted by Gasteiger charge is -2.11. The average Bonchev–Trinajstić information content (AvgIpc) is 2.43. The van der Waals surface area contributed by atoms with E-state index in [9.17, 15) is 9.18 Å². The molecular weight excluding hydrogens is 293 g/mol. The summed E-state index contributed by atoms with van der Waals surface area (Å²) in [4.78, 5) is 12.1. The van der Waals surface area contributed by atoms with Gasteiger partial charge in [0.05, 0.1) is 13.5 Å². The quantitative estimate of drug-likeness (QED) is 0.928. The second-order valence-electron chi connectivity index (χ2n) is 4.64. The fourth-order valence-corrected chi connectivity index (χ4v) is 2.18. The summed E-state index contributed by atoms with van der Waals surface area (Å²) in [6, 6.07) is 9.34. The molecule has 0 unspecified atom stereocenters. The van der Waals surface area contributed by atoms with Crippen LogP contribution in [-0.2, 0) is 11.2 Å². The van der Waals surface area contributed by atoms with Crippen LogP contribution in [-0.4, -0.2) is 13.0 Å². The molecule has 0 aliphatic carbocycles. The van der Waals surface area contributed by atoms with Crippen molar-refractivity contribution in [2.45, 2.75) is 13.3 Å². The van der Waals surface area contributed by atoms with Gasteiger partial charge in [0.15, 0.2) is 0 Å². The molecule has 0 bridgehead atoms. The van der Waals surface area contributed by atoms with Crippen LogP contribution < -0.4 is 10.1 Å². The highest BCUT2D eigenvalue weighted by Gasteiger charge is 2.11. The first-order valence-electron chi connectivity index (χ1n) is 6.38. The van der Waals surface area contributed by atoms with Crippen LogP contribution in [0.5, 0.6) is 5.75 Å². The largest absolute Gasteiger partial charge is 0.496 e. The van der Waals surface area contributed by atoms with Gasteiger partial charge in [-0.3, -0.25) is 4.79 Å². The van der Waals surface area contributed by atoms with Crippen LogP contribution in [0.1, 0.15) is 11.1 Å². The molecule has 2 aromatic rings. The summed E-state index contributed by atoms with van der Waals surface area (Å²) >= 11 is 5.93. The molecule has 0 atom stereocenters. The number of aryl methyl sites for hydroxylation is 1. The van der Waals surface area contributed by atoms with Gasteiger partial charge in [-0.15, -0.1) is 0 Å². The Kier molecular flexibility index (Phi) is 4.81. The molecule has 1 N–H and O–H groups in total. The van der Waals surface area contributed by atoms with Gasteiger partial charge in [0, 0.05) is 16.3 Å². The van der Waals surface area contributed by atoms with E-state index in [2.05, 4.69) is 5.32 Å². The fourth-order valence-electron chi connectivity index (χ4n) is 1.98. The van der Waals surface area contributed by atoms with E-state index in [0.29, 0.717) is 22.0 Å². The lowest BCUT2D eigenvalue weighted by molar-refractivity contribution is -0.115. The van der Waals surface area contributed by atoms with Crippen LogP contribution in [0.3, 0.4) is 0 Å². The number of ether oxygens (including phenoxy) is 1. The highest BCUT2D eigenvalue weighted by molar-refractivity contribution is 6.30. The molecule has 0 fully saturated rings. The van der Waals surface area contributed by atoms with Crippen molar-refractivity contribution in [2.75, 3.05) is 12.4 Å². The minimum Gasteiger partial charge on any atom is -0.496 e. The van der Waals surface area contributed by atoms with Gasteiger partial charge >= 0.3 is 0 Å². The van der Waals surface area contributed by atoms with E-state index >= 15 is 0 Å². The first kappa shape index (κ1) is 15.3. The van der Waals surface area contributed by atoms with Crippen LogP contribution in [0.25, 0.3) is 0 Å². The molecule has 0 aromatic heterocycles. The van der Waals surface area contributed by atoms with Gasteiger partial charge in [-0.1, -0.05) is 17.7 Å². The molecule has 2 aromatic carbocycles. The predicted molar refractivity (Wildman–Crippen MR) is 81.5 cm³/mol. The summed E-state index contributed by atoms with van der Waals surface area (Å²) in [5.74, 6) is -0.0639. The van der Waals surface area contributed by atoms with Gasteiger partial charge in [-0.25, -0.2) is 4.39 Å². The topological polar surface area (TPSA) is 38.3 Å². The van der Waals surface area contributed by atoms with Crippen LogP contribution >= 0.6 is 11.6 Å². The van der Waals surface area contributed by atoms with E-state index in [4.69, 9.17) is 16.3 Å². The van der Waals surface area contributed by atoms with Crippen LogP contribution in [0.15, 0.2) is 36.4 Å². The Labute approximate surface area is 127 Å². The number of carbonyl (C=O) groups is 1. The van der Waals surface area contributed by atoms with Crippen LogP contribution in [0, 0.1) is 12.7 Å². The molecule has 0 radical (unpaired) electrons. The highest BCUT2D eigenvalue weighted by Crippen LogP contribution is 2.24. The van der Waals surface area contributed by atoms with Crippen molar-refractivity contribution in [3.8, 4) is 5.75 Å². The van der Waals surface area contributed by atoms with Gasteiger partial charge in [-0.2, -0.15) is 0 Å². The van der Waals surface area contributed by atoms with Gasteiger partial charge in [0.2, 0.25) is 5.91 Å². The fraction of sp³-hybridized carbons (Fsp3) is 0.188. The molecule has 3 nitrogen and oxygen atoms in total. The van der Waals surface area contributed by atoms with Crippen molar-refractivity contribution < 1.29 is 13.9 Å². The normalized spacial score (nSPS) is 10.3. The number of benzene rings is 2. The third-order valence-corrected chi connectivity index (χ3v) is 3.30.